The van der Waals surface area contributed by atoms with Gasteiger partial charge >= 0.3 is 5.97 Å². The van der Waals surface area contributed by atoms with Crippen molar-refractivity contribution in [3.05, 3.63) is 0 Å². The van der Waals surface area contributed by atoms with Gasteiger partial charge in [0.15, 0.2) is 0 Å². The third-order valence-electron chi connectivity index (χ3n) is 4.29. The molecule has 0 spiro atoms. The molecule has 2 fully saturated rings. The molecule has 0 aromatic rings. The number of amides is 2. The number of likely N-dealkylation sites (tertiary alicyclic amines) is 2. The summed E-state index contributed by atoms with van der Waals surface area (Å²) >= 11 is 0. The summed E-state index contributed by atoms with van der Waals surface area (Å²) in [5.74, 6) is -0.633. The monoisotopic (exact) mass is 282 g/mol. The van der Waals surface area contributed by atoms with Crippen LogP contribution in [0.5, 0.6) is 0 Å². The first-order valence-corrected chi connectivity index (χ1v) is 7.22. The molecule has 2 aliphatic rings. The normalized spacial score (nSPS) is 26.9. The molecule has 6 nitrogen and oxygen atoms in total. The van der Waals surface area contributed by atoms with Crippen LogP contribution in [-0.4, -0.2) is 59.4 Å². The Morgan fingerprint density at radius 1 is 1.35 bits per heavy atom. The van der Waals surface area contributed by atoms with E-state index in [4.69, 9.17) is 5.11 Å². The Bertz CT molecular complexity index is 410. The van der Waals surface area contributed by atoms with Gasteiger partial charge in [-0.3, -0.25) is 14.4 Å². The molecule has 0 aromatic carbocycles. The summed E-state index contributed by atoms with van der Waals surface area (Å²) in [6.45, 7) is 1.88. The van der Waals surface area contributed by atoms with E-state index in [9.17, 15) is 14.4 Å². The van der Waals surface area contributed by atoms with Crippen LogP contribution < -0.4 is 0 Å². The zero-order valence-corrected chi connectivity index (χ0v) is 11.9. The second-order valence-electron chi connectivity index (χ2n) is 5.90. The minimum absolute atomic E-state index is 0.0304. The van der Waals surface area contributed by atoms with Crippen LogP contribution in [0.25, 0.3) is 0 Å². The lowest BCUT2D eigenvalue weighted by Crippen LogP contribution is -2.43. The summed E-state index contributed by atoms with van der Waals surface area (Å²) in [7, 11) is 1.72. The van der Waals surface area contributed by atoms with Gasteiger partial charge in [-0.25, -0.2) is 0 Å². The number of aliphatic carboxylic acids is 1. The van der Waals surface area contributed by atoms with E-state index in [2.05, 4.69) is 0 Å². The maximum atomic E-state index is 12.4. The largest absolute Gasteiger partial charge is 0.481 e. The number of piperidine rings is 1. The highest BCUT2D eigenvalue weighted by molar-refractivity contribution is 5.89. The van der Waals surface area contributed by atoms with Crippen LogP contribution in [0.1, 0.15) is 32.1 Å². The zero-order chi connectivity index (χ0) is 14.7. The van der Waals surface area contributed by atoms with E-state index in [0.29, 0.717) is 25.9 Å². The number of hydrogen-bond acceptors (Lipinski definition) is 3. The molecule has 0 radical (unpaired) electrons. The van der Waals surface area contributed by atoms with Crippen LogP contribution in [0.4, 0.5) is 0 Å². The minimum atomic E-state index is -0.781. The maximum absolute atomic E-state index is 12.4. The molecule has 2 amide bonds. The fraction of sp³-hybridized carbons (Fsp3) is 0.786. The van der Waals surface area contributed by atoms with Crippen molar-refractivity contribution in [2.45, 2.75) is 32.1 Å². The number of carbonyl (C=O) groups is 3. The fourth-order valence-corrected chi connectivity index (χ4v) is 3.12. The number of nitrogens with zero attached hydrogens (tertiary/aromatic N) is 2. The van der Waals surface area contributed by atoms with Gasteiger partial charge < -0.3 is 14.9 Å². The van der Waals surface area contributed by atoms with Crippen LogP contribution in [0.15, 0.2) is 0 Å². The van der Waals surface area contributed by atoms with Gasteiger partial charge in [0, 0.05) is 39.5 Å². The molecule has 112 valence electrons. The third kappa shape index (κ3) is 3.49. The molecular formula is C14H22N2O4. The minimum Gasteiger partial charge on any atom is -0.481 e. The molecule has 1 N–H and O–H groups in total. The van der Waals surface area contributed by atoms with Crippen molar-refractivity contribution in [3.8, 4) is 0 Å². The molecular weight excluding hydrogens is 260 g/mol. The molecule has 2 rings (SSSR count). The topological polar surface area (TPSA) is 77.9 Å². The Kier molecular flexibility index (Phi) is 4.62. The van der Waals surface area contributed by atoms with E-state index < -0.39 is 5.97 Å². The van der Waals surface area contributed by atoms with Gasteiger partial charge in [0.25, 0.3) is 0 Å². The molecule has 0 aromatic heterocycles. The lowest BCUT2D eigenvalue weighted by molar-refractivity contribution is -0.138. The number of rotatable bonds is 4. The SMILES string of the molecule is CN1C[C@H](C(=O)N2CCC[C@@H](CCC(=O)O)C2)CC1=O. The summed E-state index contributed by atoms with van der Waals surface area (Å²) in [6.07, 6.45) is 3.01. The van der Waals surface area contributed by atoms with E-state index >= 15 is 0 Å². The molecule has 0 aliphatic carbocycles. The quantitative estimate of drug-likeness (QED) is 0.817. The zero-order valence-electron chi connectivity index (χ0n) is 11.9. The second kappa shape index (κ2) is 6.24. The van der Waals surface area contributed by atoms with Crippen LogP contribution in [0.3, 0.4) is 0 Å². The molecule has 2 aliphatic heterocycles. The van der Waals surface area contributed by atoms with Crippen LogP contribution in [0.2, 0.25) is 0 Å². The Labute approximate surface area is 118 Å². The first-order chi connectivity index (χ1) is 9.47. The lowest BCUT2D eigenvalue weighted by Gasteiger charge is -2.34. The highest BCUT2D eigenvalue weighted by Crippen LogP contribution is 2.25. The summed E-state index contributed by atoms with van der Waals surface area (Å²) in [6, 6.07) is 0. The average molecular weight is 282 g/mol. The standard InChI is InChI=1S/C14H22N2O4/c1-15-9-11(7-12(15)17)14(20)16-6-2-3-10(8-16)4-5-13(18)19/h10-11H,2-9H2,1H3,(H,18,19)/t10-,11+/m0/s1. The molecule has 2 heterocycles. The Morgan fingerprint density at radius 2 is 2.10 bits per heavy atom. The van der Waals surface area contributed by atoms with Crippen molar-refractivity contribution in [2.24, 2.45) is 11.8 Å². The molecule has 0 unspecified atom stereocenters. The van der Waals surface area contributed by atoms with E-state index in [1.807, 2.05) is 4.90 Å². The molecule has 6 heteroatoms. The smallest absolute Gasteiger partial charge is 0.303 e. The Morgan fingerprint density at radius 3 is 2.70 bits per heavy atom. The highest BCUT2D eigenvalue weighted by atomic mass is 16.4. The van der Waals surface area contributed by atoms with Crippen molar-refractivity contribution < 1.29 is 19.5 Å². The first-order valence-electron chi connectivity index (χ1n) is 7.22. The molecule has 0 bridgehead atoms. The fourth-order valence-electron chi connectivity index (χ4n) is 3.12. The molecule has 20 heavy (non-hydrogen) atoms. The predicted octanol–water partition coefficient (Wildman–Crippen LogP) is 0.568. The van der Waals surface area contributed by atoms with Gasteiger partial charge in [0.2, 0.25) is 11.8 Å². The number of hydrogen-bond donors (Lipinski definition) is 1. The van der Waals surface area contributed by atoms with Gasteiger partial charge in [0.1, 0.15) is 0 Å². The van der Waals surface area contributed by atoms with Crippen LogP contribution in [0, 0.1) is 11.8 Å². The van der Waals surface area contributed by atoms with Crippen LogP contribution in [-0.2, 0) is 14.4 Å². The van der Waals surface area contributed by atoms with Gasteiger partial charge in [-0.2, -0.15) is 0 Å². The predicted molar refractivity (Wildman–Crippen MR) is 71.9 cm³/mol. The Balaban J connectivity index is 1.87. The summed E-state index contributed by atoms with van der Waals surface area (Å²) < 4.78 is 0. The van der Waals surface area contributed by atoms with Gasteiger partial charge in [-0.1, -0.05) is 0 Å². The number of carboxylic acid groups (broad SMARTS) is 1. The van der Waals surface area contributed by atoms with Crippen molar-refractivity contribution in [1.82, 2.24) is 9.80 Å². The molecule has 0 saturated carbocycles. The summed E-state index contributed by atoms with van der Waals surface area (Å²) in [4.78, 5) is 38.0. The van der Waals surface area contributed by atoms with E-state index in [-0.39, 0.29) is 30.1 Å². The second-order valence-corrected chi connectivity index (χ2v) is 5.90. The highest BCUT2D eigenvalue weighted by Gasteiger charge is 2.36. The van der Waals surface area contributed by atoms with Gasteiger partial charge in [-0.05, 0) is 25.2 Å². The lowest BCUT2D eigenvalue weighted by atomic mass is 9.92. The van der Waals surface area contributed by atoms with Crippen molar-refractivity contribution in [3.63, 3.8) is 0 Å². The van der Waals surface area contributed by atoms with Gasteiger partial charge in [0.05, 0.1) is 5.92 Å². The summed E-state index contributed by atoms with van der Waals surface area (Å²) in [5.41, 5.74) is 0. The van der Waals surface area contributed by atoms with Crippen molar-refractivity contribution in [1.29, 1.82) is 0 Å². The molecule has 2 atom stereocenters. The third-order valence-corrected chi connectivity index (χ3v) is 4.29. The first kappa shape index (κ1) is 14.8. The van der Waals surface area contributed by atoms with E-state index in [0.717, 1.165) is 19.4 Å². The van der Waals surface area contributed by atoms with E-state index in [1.54, 1.807) is 11.9 Å². The Hall–Kier alpha value is -1.59. The van der Waals surface area contributed by atoms with Crippen LogP contribution >= 0.6 is 0 Å². The molecule has 2 saturated heterocycles. The van der Waals surface area contributed by atoms with E-state index in [1.165, 1.54) is 0 Å². The number of carbonyl (C=O) groups excluding carboxylic acids is 2. The maximum Gasteiger partial charge on any atom is 0.303 e. The summed E-state index contributed by atoms with van der Waals surface area (Å²) in [5, 5.41) is 8.73. The van der Waals surface area contributed by atoms with Crippen molar-refractivity contribution in [2.75, 3.05) is 26.7 Å². The number of carboxylic acids is 1. The average Bonchev–Trinajstić information content (AvgIpc) is 2.76. The van der Waals surface area contributed by atoms with Gasteiger partial charge in [-0.15, -0.1) is 0 Å². The van der Waals surface area contributed by atoms with Crippen molar-refractivity contribution >= 4 is 17.8 Å².